The van der Waals surface area contributed by atoms with Crippen molar-refractivity contribution in [2.75, 3.05) is 23.8 Å². The largest absolute Gasteiger partial charge is 0.490 e. The summed E-state index contributed by atoms with van der Waals surface area (Å²) in [5.74, 6) is 0.585. The number of hydrogen-bond acceptors (Lipinski definition) is 5. The molecular weight excluding hydrogens is 244 g/mol. The third-order valence-corrected chi connectivity index (χ3v) is 2.87. The lowest BCUT2D eigenvalue weighted by Gasteiger charge is -2.29. The van der Waals surface area contributed by atoms with E-state index in [0.29, 0.717) is 18.9 Å². The van der Waals surface area contributed by atoms with E-state index in [1.165, 1.54) is 6.20 Å². The molecule has 2 heterocycles. The van der Waals surface area contributed by atoms with Crippen LogP contribution in [0.4, 0.5) is 11.6 Å². The fourth-order valence-electron chi connectivity index (χ4n) is 2.01. The summed E-state index contributed by atoms with van der Waals surface area (Å²) in [5.41, 5.74) is 6.53. The average molecular weight is 256 g/mol. The number of nitrogens with zero attached hydrogens (tertiary/aromatic N) is 3. The SMILES string of the molecule is Nc1nccc(C(=O)N2CCOc3ccccc32)n1. The highest BCUT2D eigenvalue weighted by molar-refractivity contribution is 6.05. The number of ether oxygens (including phenoxy) is 1. The Morgan fingerprint density at radius 1 is 1.32 bits per heavy atom. The zero-order valence-corrected chi connectivity index (χ0v) is 10.1. The van der Waals surface area contributed by atoms with E-state index in [1.807, 2.05) is 24.3 Å². The lowest BCUT2D eigenvalue weighted by Crippen LogP contribution is -2.38. The summed E-state index contributed by atoms with van der Waals surface area (Å²) < 4.78 is 5.51. The molecule has 0 atom stereocenters. The zero-order valence-electron chi connectivity index (χ0n) is 10.1. The molecule has 1 aliphatic rings. The van der Waals surface area contributed by atoms with E-state index in [4.69, 9.17) is 10.5 Å². The average Bonchev–Trinajstić information content (AvgIpc) is 2.46. The van der Waals surface area contributed by atoms with Crippen molar-refractivity contribution in [3.8, 4) is 5.75 Å². The van der Waals surface area contributed by atoms with Gasteiger partial charge in [-0.1, -0.05) is 12.1 Å². The van der Waals surface area contributed by atoms with E-state index in [1.54, 1.807) is 11.0 Å². The maximum atomic E-state index is 12.4. The summed E-state index contributed by atoms with van der Waals surface area (Å²) in [5, 5.41) is 0. The van der Waals surface area contributed by atoms with Crippen LogP contribution in [0.5, 0.6) is 5.75 Å². The van der Waals surface area contributed by atoms with Gasteiger partial charge in [0.1, 0.15) is 18.1 Å². The predicted molar refractivity (Wildman–Crippen MR) is 70.1 cm³/mol. The monoisotopic (exact) mass is 256 g/mol. The Kier molecular flexibility index (Phi) is 2.75. The maximum Gasteiger partial charge on any atom is 0.277 e. The molecule has 19 heavy (non-hydrogen) atoms. The lowest BCUT2D eigenvalue weighted by molar-refractivity contribution is 0.0972. The fourth-order valence-corrected chi connectivity index (χ4v) is 2.01. The van der Waals surface area contributed by atoms with Crippen LogP contribution in [0.1, 0.15) is 10.5 Å². The van der Waals surface area contributed by atoms with Crippen LogP contribution in [0, 0.1) is 0 Å². The second-order valence-electron chi connectivity index (χ2n) is 4.07. The van der Waals surface area contributed by atoms with Crippen molar-refractivity contribution in [2.45, 2.75) is 0 Å². The maximum absolute atomic E-state index is 12.4. The highest BCUT2D eigenvalue weighted by Crippen LogP contribution is 2.31. The van der Waals surface area contributed by atoms with Crippen molar-refractivity contribution in [1.82, 2.24) is 9.97 Å². The number of amides is 1. The molecule has 6 nitrogen and oxygen atoms in total. The number of nitrogen functional groups attached to an aromatic ring is 1. The van der Waals surface area contributed by atoms with Crippen molar-refractivity contribution in [3.05, 3.63) is 42.2 Å². The molecule has 0 saturated carbocycles. The second kappa shape index (κ2) is 4.56. The first kappa shape index (κ1) is 11.5. The van der Waals surface area contributed by atoms with Crippen molar-refractivity contribution < 1.29 is 9.53 Å². The summed E-state index contributed by atoms with van der Waals surface area (Å²) >= 11 is 0. The van der Waals surface area contributed by atoms with Gasteiger partial charge in [-0.05, 0) is 18.2 Å². The van der Waals surface area contributed by atoms with Crippen molar-refractivity contribution in [3.63, 3.8) is 0 Å². The molecule has 3 rings (SSSR count). The van der Waals surface area contributed by atoms with Gasteiger partial charge in [-0.3, -0.25) is 4.79 Å². The first-order chi connectivity index (χ1) is 9.25. The summed E-state index contributed by atoms with van der Waals surface area (Å²) in [4.78, 5) is 21.8. The van der Waals surface area contributed by atoms with Gasteiger partial charge in [0.2, 0.25) is 5.95 Å². The summed E-state index contributed by atoms with van der Waals surface area (Å²) in [7, 11) is 0. The van der Waals surface area contributed by atoms with Gasteiger partial charge in [0.15, 0.2) is 0 Å². The number of anilines is 2. The van der Waals surface area contributed by atoms with Gasteiger partial charge in [0.25, 0.3) is 5.91 Å². The zero-order chi connectivity index (χ0) is 13.2. The van der Waals surface area contributed by atoms with Crippen molar-refractivity contribution in [2.24, 2.45) is 0 Å². The quantitative estimate of drug-likeness (QED) is 0.826. The Bertz CT molecular complexity index is 630. The van der Waals surface area contributed by atoms with Crippen LogP contribution < -0.4 is 15.4 Å². The van der Waals surface area contributed by atoms with E-state index in [2.05, 4.69) is 9.97 Å². The van der Waals surface area contributed by atoms with Crippen molar-refractivity contribution >= 4 is 17.5 Å². The van der Waals surface area contributed by atoms with Gasteiger partial charge >= 0.3 is 0 Å². The normalized spacial score (nSPS) is 13.6. The van der Waals surface area contributed by atoms with Crippen molar-refractivity contribution in [1.29, 1.82) is 0 Å². The van der Waals surface area contributed by atoms with Crippen LogP contribution in [-0.2, 0) is 0 Å². The molecule has 0 spiro atoms. The Hall–Kier alpha value is -2.63. The molecule has 1 amide bonds. The first-order valence-electron chi connectivity index (χ1n) is 5.88. The molecule has 2 N–H and O–H groups in total. The molecule has 96 valence electrons. The van der Waals surface area contributed by atoms with Gasteiger partial charge in [-0.25, -0.2) is 9.97 Å². The smallest absolute Gasteiger partial charge is 0.277 e. The highest BCUT2D eigenvalue weighted by Gasteiger charge is 2.25. The number of fused-ring (bicyclic) bond motifs is 1. The van der Waals surface area contributed by atoms with Gasteiger partial charge in [-0.15, -0.1) is 0 Å². The number of benzene rings is 1. The van der Waals surface area contributed by atoms with Crippen LogP contribution in [0.2, 0.25) is 0 Å². The highest BCUT2D eigenvalue weighted by atomic mass is 16.5. The minimum atomic E-state index is -0.204. The third-order valence-electron chi connectivity index (χ3n) is 2.87. The Balaban J connectivity index is 1.98. The third kappa shape index (κ3) is 2.08. The number of rotatable bonds is 1. The molecule has 1 aromatic heterocycles. The molecule has 2 aromatic rings. The van der Waals surface area contributed by atoms with E-state index in [9.17, 15) is 4.79 Å². The predicted octanol–water partition coefficient (Wildman–Crippen LogP) is 1.10. The van der Waals surface area contributed by atoms with Gasteiger partial charge in [0.05, 0.1) is 12.2 Å². The minimum absolute atomic E-state index is 0.0902. The Labute approximate surface area is 109 Å². The van der Waals surface area contributed by atoms with Crippen LogP contribution in [-0.4, -0.2) is 29.0 Å². The minimum Gasteiger partial charge on any atom is -0.490 e. The van der Waals surface area contributed by atoms with Crippen LogP contribution >= 0.6 is 0 Å². The first-order valence-corrected chi connectivity index (χ1v) is 5.88. The topological polar surface area (TPSA) is 81.3 Å². The van der Waals surface area contributed by atoms with Gasteiger partial charge < -0.3 is 15.4 Å². The molecule has 1 aromatic carbocycles. The fraction of sp³-hybridized carbons (Fsp3) is 0.154. The second-order valence-corrected chi connectivity index (χ2v) is 4.07. The van der Waals surface area contributed by atoms with Crippen LogP contribution in [0.15, 0.2) is 36.5 Å². The number of hydrogen-bond donors (Lipinski definition) is 1. The Morgan fingerprint density at radius 2 is 2.16 bits per heavy atom. The number of nitrogens with two attached hydrogens (primary N) is 1. The molecule has 0 fully saturated rings. The lowest BCUT2D eigenvalue weighted by atomic mass is 10.2. The molecule has 6 heteroatoms. The van der Waals surface area contributed by atoms with Gasteiger partial charge in [0, 0.05) is 6.20 Å². The van der Waals surface area contributed by atoms with E-state index in [-0.39, 0.29) is 17.5 Å². The number of para-hydroxylation sites is 2. The molecule has 0 bridgehead atoms. The molecule has 0 unspecified atom stereocenters. The van der Waals surface area contributed by atoms with E-state index in [0.717, 1.165) is 5.69 Å². The van der Waals surface area contributed by atoms with Crippen LogP contribution in [0.3, 0.4) is 0 Å². The summed E-state index contributed by atoms with van der Waals surface area (Å²) in [6.07, 6.45) is 1.47. The standard InChI is InChI=1S/C13H12N4O2/c14-13-15-6-5-9(16-13)12(18)17-7-8-19-11-4-2-1-3-10(11)17/h1-6H,7-8H2,(H2,14,15,16). The molecule has 0 saturated heterocycles. The molecule has 0 radical (unpaired) electrons. The summed E-state index contributed by atoms with van der Waals surface area (Å²) in [6.45, 7) is 0.947. The number of carbonyl (C=O) groups excluding carboxylic acids is 1. The van der Waals surface area contributed by atoms with E-state index >= 15 is 0 Å². The van der Waals surface area contributed by atoms with E-state index < -0.39 is 0 Å². The molecule has 0 aliphatic carbocycles. The number of aromatic nitrogens is 2. The Morgan fingerprint density at radius 3 is 3.00 bits per heavy atom. The molecule has 1 aliphatic heterocycles. The molecular formula is C13H12N4O2. The summed E-state index contributed by atoms with van der Waals surface area (Å²) in [6, 6.07) is 8.97. The van der Waals surface area contributed by atoms with Crippen LogP contribution in [0.25, 0.3) is 0 Å². The van der Waals surface area contributed by atoms with Gasteiger partial charge in [-0.2, -0.15) is 0 Å². The number of carbonyl (C=O) groups is 1.